The zero-order chi connectivity index (χ0) is 17.1. The number of pyridine rings is 1. The van der Waals surface area contributed by atoms with Gasteiger partial charge in [0.05, 0.1) is 6.54 Å². The molecule has 0 aliphatic carbocycles. The van der Waals surface area contributed by atoms with E-state index < -0.39 is 0 Å². The predicted octanol–water partition coefficient (Wildman–Crippen LogP) is 4.59. The summed E-state index contributed by atoms with van der Waals surface area (Å²) in [5.41, 5.74) is 5.52. The zero-order valence-electron chi connectivity index (χ0n) is 14.7. The Morgan fingerprint density at radius 3 is 2.44 bits per heavy atom. The lowest BCUT2D eigenvalue weighted by Gasteiger charge is -2.18. The molecule has 0 spiro atoms. The van der Waals surface area contributed by atoms with Crippen LogP contribution < -0.4 is 10.2 Å². The van der Waals surface area contributed by atoms with Crippen LogP contribution in [-0.4, -0.2) is 24.0 Å². The van der Waals surface area contributed by atoms with Gasteiger partial charge in [0.1, 0.15) is 0 Å². The maximum atomic E-state index is 12.6. The molecule has 6 heteroatoms. The van der Waals surface area contributed by atoms with Gasteiger partial charge in [-0.15, -0.1) is 24.8 Å². The largest absolute Gasteiger partial charge is 0.376 e. The Labute approximate surface area is 171 Å². The normalized spacial score (nSPS) is 11.8. The van der Waals surface area contributed by atoms with Crippen molar-refractivity contribution in [2.75, 3.05) is 23.3 Å². The summed E-state index contributed by atoms with van der Waals surface area (Å²) in [5, 5.41) is 3.19. The molecule has 0 radical (unpaired) electrons. The molecule has 1 N–H and O–H groups in total. The highest BCUT2D eigenvalue weighted by Gasteiger charge is 2.24. The quantitative estimate of drug-likeness (QED) is 0.694. The van der Waals surface area contributed by atoms with Gasteiger partial charge in [-0.25, -0.2) is 0 Å². The van der Waals surface area contributed by atoms with Gasteiger partial charge in [-0.3, -0.25) is 9.78 Å². The lowest BCUT2D eigenvalue weighted by molar-refractivity contribution is -0.116. The average Bonchev–Trinajstić information content (AvgIpc) is 3.11. The lowest BCUT2D eigenvalue weighted by Crippen LogP contribution is -2.34. The first kappa shape index (κ1) is 20.7. The minimum Gasteiger partial charge on any atom is -0.376 e. The minimum absolute atomic E-state index is 0. The van der Waals surface area contributed by atoms with Gasteiger partial charge >= 0.3 is 0 Å². The van der Waals surface area contributed by atoms with E-state index in [1.165, 1.54) is 5.56 Å². The zero-order valence-corrected chi connectivity index (χ0v) is 16.3. The van der Waals surface area contributed by atoms with Gasteiger partial charge in [0.25, 0.3) is 0 Å². The molecular formula is C21H21Cl2N3O. The predicted molar refractivity (Wildman–Crippen MR) is 115 cm³/mol. The number of fused-ring (bicyclic) bond motifs is 1. The van der Waals surface area contributed by atoms with Crippen LogP contribution in [0.3, 0.4) is 0 Å². The maximum Gasteiger partial charge on any atom is 0.246 e. The van der Waals surface area contributed by atoms with Crippen LogP contribution >= 0.6 is 24.8 Å². The molecule has 2 aromatic carbocycles. The van der Waals surface area contributed by atoms with Gasteiger partial charge in [0.2, 0.25) is 5.91 Å². The first-order valence-electron chi connectivity index (χ1n) is 8.44. The third-order valence-corrected chi connectivity index (χ3v) is 4.51. The Morgan fingerprint density at radius 1 is 0.963 bits per heavy atom. The van der Waals surface area contributed by atoms with E-state index in [1.807, 2.05) is 47.4 Å². The number of anilines is 2. The number of nitrogens with one attached hydrogen (secondary N) is 1. The van der Waals surface area contributed by atoms with Crippen LogP contribution in [0.5, 0.6) is 0 Å². The first-order valence-corrected chi connectivity index (χ1v) is 8.44. The molecule has 1 aromatic heterocycles. The number of carbonyl (C=O) groups excluding carboxylic acids is 1. The molecule has 3 aromatic rings. The molecule has 0 saturated heterocycles. The highest BCUT2D eigenvalue weighted by atomic mass is 35.5. The van der Waals surface area contributed by atoms with Gasteiger partial charge in [0, 0.05) is 30.3 Å². The molecule has 0 bridgehead atoms. The van der Waals surface area contributed by atoms with Crippen molar-refractivity contribution >= 4 is 42.1 Å². The van der Waals surface area contributed by atoms with Crippen molar-refractivity contribution in [3.05, 3.63) is 78.6 Å². The molecule has 1 amide bonds. The van der Waals surface area contributed by atoms with Gasteiger partial charge < -0.3 is 10.2 Å². The Balaban J connectivity index is 0.00000131. The second kappa shape index (κ2) is 9.40. The third-order valence-electron chi connectivity index (χ3n) is 4.51. The smallest absolute Gasteiger partial charge is 0.246 e. The number of benzene rings is 2. The number of halogens is 2. The number of para-hydroxylation sites is 1. The highest BCUT2D eigenvalue weighted by Crippen LogP contribution is 2.32. The van der Waals surface area contributed by atoms with Crippen molar-refractivity contribution in [1.82, 2.24) is 4.98 Å². The van der Waals surface area contributed by atoms with Crippen LogP contribution in [0.15, 0.2) is 73.1 Å². The molecule has 2 heterocycles. The summed E-state index contributed by atoms with van der Waals surface area (Å²) in [6, 6.07) is 20.1. The van der Waals surface area contributed by atoms with Crippen LogP contribution in [0.25, 0.3) is 11.1 Å². The summed E-state index contributed by atoms with van der Waals surface area (Å²) in [6.45, 7) is 1.04. The van der Waals surface area contributed by atoms with Crippen molar-refractivity contribution in [2.45, 2.75) is 6.42 Å². The highest BCUT2D eigenvalue weighted by molar-refractivity contribution is 5.98. The minimum atomic E-state index is 0. The van der Waals surface area contributed by atoms with E-state index in [2.05, 4.69) is 28.5 Å². The molecule has 4 rings (SSSR count). The third kappa shape index (κ3) is 4.59. The van der Waals surface area contributed by atoms with Gasteiger partial charge in [-0.2, -0.15) is 0 Å². The van der Waals surface area contributed by atoms with Gasteiger partial charge in [0.15, 0.2) is 0 Å². The van der Waals surface area contributed by atoms with Crippen LogP contribution in [0.2, 0.25) is 0 Å². The second-order valence-electron chi connectivity index (χ2n) is 6.09. The van der Waals surface area contributed by atoms with Crippen molar-refractivity contribution in [2.24, 2.45) is 0 Å². The molecule has 140 valence electrons. The Bertz CT molecular complexity index is 888. The molecule has 0 fully saturated rings. The number of rotatable bonds is 4. The summed E-state index contributed by atoms with van der Waals surface area (Å²) in [4.78, 5) is 18.5. The molecule has 27 heavy (non-hydrogen) atoms. The van der Waals surface area contributed by atoms with Crippen LogP contribution in [-0.2, 0) is 11.2 Å². The Morgan fingerprint density at radius 2 is 1.70 bits per heavy atom. The van der Waals surface area contributed by atoms with Crippen LogP contribution in [0.1, 0.15) is 5.56 Å². The number of amides is 1. The van der Waals surface area contributed by atoms with Crippen LogP contribution in [0.4, 0.5) is 11.4 Å². The second-order valence-corrected chi connectivity index (χ2v) is 6.09. The monoisotopic (exact) mass is 401 g/mol. The summed E-state index contributed by atoms with van der Waals surface area (Å²) < 4.78 is 0. The number of carbonyl (C=O) groups is 1. The maximum absolute atomic E-state index is 12.6. The van der Waals surface area contributed by atoms with Crippen molar-refractivity contribution in [1.29, 1.82) is 0 Å². The van der Waals surface area contributed by atoms with E-state index in [0.29, 0.717) is 6.54 Å². The molecular weight excluding hydrogens is 381 g/mol. The summed E-state index contributed by atoms with van der Waals surface area (Å²) in [5.74, 6) is 0.0965. The van der Waals surface area contributed by atoms with Gasteiger partial charge in [-0.05, 0) is 59.5 Å². The number of hydrogen-bond donors (Lipinski definition) is 1. The van der Waals surface area contributed by atoms with E-state index in [9.17, 15) is 4.79 Å². The molecule has 1 aliphatic rings. The fourth-order valence-corrected chi connectivity index (χ4v) is 3.21. The fraction of sp³-hybridized carbons (Fsp3) is 0.143. The topological polar surface area (TPSA) is 45.2 Å². The summed E-state index contributed by atoms with van der Waals surface area (Å²) in [6.07, 6.45) is 4.49. The van der Waals surface area contributed by atoms with E-state index in [0.717, 1.165) is 35.5 Å². The number of nitrogens with zero attached hydrogens (tertiary/aromatic N) is 2. The van der Waals surface area contributed by atoms with E-state index in [-0.39, 0.29) is 30.7 Å². The van der Waals surface area contributed by atoms with Crippen LogP contribution in [0, 0.1) is 0 Å². The lowest BCUT2D eigenvalue weighted by atomic mass is 10.0. The van der Waals surface area contributed by atoms with E-state index in [1.54, 1.807) is 12.4 Å². The number of aromatic nitrogens is 1. The molecule has 0 atom stereocenters. The standard InChI is InChI=1S/C21H19N3O.2ClH/c25-21(15-23-19-4-2-1-3-5-19)24-13-10-18-14-17(6-7-20(18)24)16-8-11-22-12-9-16;;/h1-9,11-12,14,23H,10,13,15H2;2*1H. The molecule has 0 unspecified atom stereocenters. The Kier molecular flexibility index (Phi) is 7.22. The van der Waals surface area contributed by atoms with E-state index in [4.69, 9.17) is 0 Å². The Hall–Kier alpha value is -2.56. The molecule has 0 saturated carbocycles. The average molecular weight is 402 g/mol. The molecule has 1 aliphatic heterocycles. The van der Waals surface area contributed by atoms with Crippen molar-refractivity contribution in [3.8, 4) is 11.1 Å². The number of hydrogen-bond acceptors (Lipinski definition) is 3. The van der Waals surface area contributed by atoms with E-state index >= 15 is 0 Å². The summed E-state index contributed by atoms with van der Waals surface area (Å²) >= 11 is 0. The summed E-state index contributed by atoms with van der Waals surface area (Å²) in [7, 11) is 0. The SMILES string of the molecule is Cl.Cl.O=C(CNc1ccccc1)N1CCc2cc(-c3ccncc3)ccc21. The first-order chi connectivity index (χ1) is 12.3. The van der Waals surface area contributed by atoms with Crippen molar-refractivity contribution < 1.29 is 4.79 Å². The molecule has 4 nitrogen and oxygen atoms in total. The van der Waals surface area contributed by atoms with Crippen molar-refractivity contribution in [3.63, 3.8) is 0 Å². The van der Waals surface area contributed by atoms with Gasteiger partial charge in [-0.1, -0.05) is 24.3 Å². The fourth-order valence-electron chi connectivity index (χ4n) is 3.21.